The lowest BCUT2D eigenvalue weighted by atomic mass is 10.00. The number of hydrogen-bond donors (Lipinski definition) is 0. The van der Waals surface area contributed by atoms with E-state index in [1.54, 1.807) is 36.4 Å². The van der Waals surface area contributed by atoms with Crippen LogP contribution in [0.2, 0.25) is 0 Å². The maximum Gasteiger partial charge on any atom is 0.207 e. The van der Waals surface area contributed by atoms with E-state index in [0.29, 0.717) is 16.9 Å². The molecule has 0 aliphatic rings. The van der Waals surface area contributed by atoms with Crippen molar-refractivity contribution in [1.82, 2.24) is 0 Å². The van der Waals surface area contributed by atoms with Crippen molar-refractivity contribution in [2.24, 2.45) is 0 Å². The number of Topliss-reactive ketones (excluding diaryl/α,β-unsaturated/α-hetero) is 1. The van der Waals surface area contributed by atoms with Crippen LogP contribution in [0.5, 0.6) is 5.75 Å². The summed E-state index contributed by atoms with van der Waals surface area (Å²) in [5, 5.41) is 9.03. The second kappa shape index (κ2) is 7.26. The fourth-order valence-electron chi connectivity index (χ4n) is 2.43. The van der Waals surface area contributed by atoms with Gasteiger partial charge in [0.15, 0.2) is 6.10 Å². The van der Waals surface area contributed by atoms with Gasteiger partial charge in [0.1, 0.15) is 5.75 Å². The highest BCUT2D eigenvalue weighted by molar-refractivity contribution is 6.00. The van der Waals surface area contributed by atoms with Gasteiger partial charge in [-0.25, -0.2) is 0 Å². The SMILES string of the molecule is N#Cc1cccc(O[C@@H](C(=O)c2ccccc2)c2ccccc2)c1. The predicted molar refractivity (Wildman–Crippen MR) is 91.7 cm³/mol. The average Bonchev–Trinajstić information content (AvgIpc) is 2.67. The van der Waals surface area contributed by atoms with Gasteiger partial charge in [-0.1, -0.05) is 66.7 Å². The van der Waals surface area contributed by atoms with E-state index in [0.717, 1.165) is 5.56 Å². The molecule has 116 valence electrons. The van der Waals surface area contributed by atoms with Crippen molar-refractivity contribution in [3.63, 3.8) is 0 Å². The number of nitriles is 1. The van der Waals surface area contributed by atoms with E-state index < -0.39 is 6.10 Å². The fourth-order valence-corrected chi connectivity index (χ4v) is 2.43. The molecule has 24 heavy (non-hydrogen) atoms. The average molecular weight is 313 g/mol. The van der Waals surface area contributed by atoms with Crippen molar-refractivity contribution in [2.45, 2.75) is 6.10 Å². The van der Waals surface area contributed by atoms with E-state index in [1.165, 1.54) is 0 Å². The van der Waals surface area contributed by atoms with E-state index in [1.807, 2.05) is 48.5 Å². The van der Waals surface area contributed by atoms with Crippen LogP contribution < -0.4 is 4.74 Å². The molecule has 3 aromatic carbocycles. The van der Waals surface area contributed by atoms with Crippen molar-refractivity contribution in [3.05, 3.63) is 102 Å². The van der Waals surface area contributed by atoms with Gasteiger partial charge in [0.05, 0.1) is 11.6 Å². The summed E-state index contributed by atoms with van der Waals surface area (Å²) < 4.78 is 5.96. The zero-order chi connectivity index (χ0) is 16.8. The van der Waals surface area contributed by atoms with Crippen LogP contribution in [-0.4, -0.2) is 5.78 Å². The van der Waals surface area contributed by atoms with Crippen LogP contribution in [-0.2, 0) is 0 Å². The Kier molecular flexibility index (Phi) is 4.69. The summed E-state index contributed by atoms with van der Waals surface area (Å²) >= 11 is 0. The molecule has 0 amide bonds. The summed E-state index contributed by atoms with van der Waals surface area (Å²) in [4.78, 5) is 12.9. The Morgan fingerprint density at radius 2 is 1.54 bits per heavy atom. The van der Waals surface area contributed by atoms with Crippen molar-refractivity contribution in [2.75, 3.05) is 0 Å². The van der Waals surface area contributed by atoms with Crippen LogP contribution in [0.4, 0.5) is 0 Å². The molecular weight excluding hydrogens is 298 g/mol. The minimum atomic E-state index is -0.762. The topological polar surface area (TPSA) is 50.1 Å². The molecule has 0 bridgehead atoms. The van der Waals surface area contributed by atoms with Gasteiger partial charge in [-0.05, 0) is 18.2 Å². The smallest absolute Gasteiger partial charge is 0.207 e. The van der Waals surface area contributed by atoms with Crippen LogP contribution in [0.3, 0.4) is 0 Å². The lowest BCUT2D eigenvalue weighted by molar-refractivity contribution is 0.0792. The number of hydrogen-bond acceptors (Lipinski definition) is 3. The molecule has 0 fully saturated rings. The fraction of sp³-hybridized carbons (Fsp3) is 0.0476. The maximum absolute atomic E-state index is 12.9. The van der Waals surface area contributed by atoms with E-state index in [4.69, 9.17) is 10.00 Å². The third kappa shape index (κ3) is 3.50. The van der Waals surface area contributed by atoms with Crippen molar-refractivity contribution in [3.8, 4) is 11.8 Å². The number of carbonyl (C=O) groups excluding carboxylic acids is 1. The third-order valence-corrected chi connectivity index (χ3v) is 3.62. The van der Waals surface area contributed by atoms with Gasteiger partial charge in [0.25, 0.3) is 0 Å². The summed E-state index contributed by atoms with van der Waals surface area (Å²) in [5.41, 5.74) is 1.85. The Bertz CT molecular complexity index is 867. The Labute approximate surface area is 140 Å². The molecule has 0 saturated carbocycles. The number of ketones is 1. The van der Waals surface area contributed by atoms with Crippen LogP contribution in [0, 0.1) is 11.3 Å². The normalized spacial score (nSPS) is 11.3. The first kappa shape index (κ1) is 15.5. The Balaban J connectivity index is 1.96. The molecule has 0 heterocycles. The highest BCUT2D eigenvalue weighted by atomic mass is 16.5. The number of ether oxygens (including phenoxy) is 1. The highest BCUT2D eigenvalue weighted by Crippen LogP contribution is 2.26. The lowest BCUT2D eigenvalue weighted by Gasteiger charge is -2.19. The molecule has 0 unspecified atom stereocenters. The first-order valence-electron chi connectivity index (χ1n) is 7.59. The molecule has 0 aliphatic heterocycles. The van der Waals surface area contributed by atoms with Gasteiger partial charge in [-0.15, -0.1) is 0 Å². The van der Waals surface area contributed by atoms with Gasteiger partial charge >= 0.3 is 0 Å². The maximum atomic E-state index is 12.9. The third-order valence-electron chi connectivity index (χ3n) is 3.62. The number of carbonyl (C=O) groups is 1. The van der Waals surface area contributed by atoms with Gasteiger partial charge in [0.2, 0.25) is 5.78 Å². The molecule has 0 N–H and O–H groups in total. The molecule has 3 heteroatoms. The van der Waals surface area contributed by atoms with Gasteiger partial charge in [-0.2, -0.15) is 5.26 Å². The molecule has 0 aromatic heterocycles. The minimum absolute atomic E-state index is 0.121. The first-order valence-corrected chi connectivity index (χ1v) is 7.59. The van der Waals surface area contributed by atoms with Crippen LogP contribution in [0.1, 0.15) is 27.6 Å². The lowest BCUT2D eigenvalue weighted by Crippen LogP contribution is -2.19. The standard InChI is InChI=1S/C21H15NO2/c22-15-16-8-7-13-19(14-16)24-21(18-11-5-2-6-12-18)20(23)17-9-3-1-4-10-17/h1-14,21H/t21-/m1/s1. The minimum Gasteiger partial charge on any atom is -0.477 e. The molecule has 0 spiro atoms. The second-order valence-electron chi connectivity index (χ2n) is 5.28. The Hall–Kier alpha value is -3.38. The monoisotopic (exact) mass is 313 g/mol. The summed E-state index contributed by atoms with van der Waals surface area (Å²) in [6.07, 6.45) is -0.762. The molecule has 3 aromatic rings. The Morgan fingerprint density at radius 3 is 2.21 bits per heavy atom. The highest BCUT2D eigenvalue weighted by Gasteiger charge is 2.24. The van der Waals surface area contributed by atoms with Gasteiger partial charge in [-0.3, -0.25) is 4.79 Å². The van der Waals surface area contributed by atoms with Crippen molar-refractivity contribution >= 4 is 5.78 Å². The van der Waals surface area contributed by atoms with Gasteiger partial charge in [0, 0.05) is 11.1 Å². The first-order chi connectivity index (χ1) is 11.8. The largest absolute Gasteiger partial charge is 0.477 e. The van der Waals surface area contributed by atoms with Crippen LogP contribution in [0.15, 0.2) is 84.9 Å². The van der Waals surface area contributed by atoms with Crippen LogP contribution in [0.25, 0.3) is 0 Å². The summed E-state index contributed by atoms with van der Waals surface area (Å²) in [6, 6.07) is 27.3. The summed E-state index contributed by atoms with van der Waals surface area (Å²) in [5.74, 6) is 0.372. The van der Waals surface area contributed by atoms with Crippen LogP contribution >= 0.6 is 0 Å². The van der Waals surface area contributed by atoms with E-state index in [9.17, 15) is 4.79 Å². The van der Waals surface area contributed by atoms with Crippen molar-refractivity contribution in [1.29, 1.82) is 5.26 Å². The molecule has 1 atom stereocenters. The molecule has 0 saturated heterocycles. The molecule has 3 nitrogen and oxygen atoms in total. The number of rotatable bonds is 5. The second-order valence-corrected chi connectivity index (χ2v) is 5.28. The van der Waals surface area contributed by atoms with Crippen molar-refractivity contribution < 1.29 is 9.53 Å². The predicted octanol–water partition coefficient (Wildman–Crippen LogP) is 4.56. The Morgan fingerprint density at radius 1 is 0.875 bits per heavy atom. The zero-order valence-electron chi connectivity index (χ0n) is 12.9. The number of benzene rings is 3. The summed E-state index contributed by atoms with van der Waals surface area (Å²) in [7, 11) is 0. The zero-order valence-corrected chi connectivity index (χ0v) is 12.9. The molecular formula is C21H15NO2. The van der Waals surface area contributed by atoms with E-state index >= 15 is 0 Å². The summed E-state index contributed by atoms with van der Waals surface area (Å²) in [6.45, 7) is 0. The number of nitrogens with zero attached hydrogens (tertiary/aromatic N) is 1. The molecule has 0 aliphatic carbocycles. The molecule has 3 rings (SSSR count). The van der Waals surface area contributed by atoms with Gasteiger partial charge < -0.3 is 4.74 Å². The van der Waals surface area contributed by atoms with E-state index in [2.05, 4.69) is 6.07 Å². The van der Waals surface area contributed by atoms with E-state index in [-0.39, 0.29) is 5.78 Å². The quantitative estimate of drug-likeness (QED) is 0.649. The molecule has 0 radical (unpaired) electrons.